The first-order valence-corrected chi connectivity index (χ1v) is 7.07. The minimum Gasteiger partial charge on any atom is -0.312 e. The molecule has 1 aliphatic heterocycles. The van der Waals surface area contributed by atoms with Gasteiger partial charge >= 0.3 is 0 Å². The highest BCUT2D eigenvalue weighted by Crippen LogP contribution is 2.23. The molecule has 0 radical (unpaired) electrons. The summed E-state index contributed by atoms with van der Waals surface area (Å²) < 4.78 is 3.20. The molecular formula is C12H21BrN4. The highest BCUT2D eigenvalue weighted by atomic mass is 79.9. The van der Waals surface area contributed by atoms with Crippen LogP contribution < -0.4 is 5.32 Å². The largest absolute Gasteiger partial charge is 0.312 e. The second-order valence-corrected chi connectivity index (χ2v) is 5.57. The van der Waals surface area contributed by atoms with E-state index in [-0.39, 0.29) is 0 Å². The van der Waals surface area contributed by atoms with Crippen molar-refractivity contribution in [1.82, 2.24) is 20.0 Å². The van der Waals surface area contributed by atoms with Gasteiger partial charge in [0.2, 0.25) is 0 Å². The summed E-state index contributed by atoms with van der Waals surface area (Å²) >= 11 is 3.68. The lowest BCUT2D eigenvalue weighted by molar-refractivity contribution is 0.195. The van der Waals surface area contributed by atoms with Crippen molar-refractivity contribution < 1.29 is 0 Å². The summed E-state index contributed by atoms with van der Waals surface area (Å²) in [6.07, 6.45) is 0.979. The average Bonchev–Trinajstić information content (AvgIpc) is 2.56. The van der Waals surface area contributed by atoms with Gasteiger partial charge < -0.3 is 5.32 Å². The molecule has 2 rings (SSSR count). The van der Waals surface area contributed by atoms with Gasteiger partial charge in [0.25, 0.3) is 0 Å². The van der Waals surface area contributed by atoms with Gasteiger partial charge in [-0.3, -0.25) is 9.58 Å². The Kier molecular flexibility index (Phi) is 4.22. The number of aryl methyl sites for hydroxylation is 2. The average molecular weight is 301 g/mol. The summed E-state index contributed by atoms with van der Waals surface area (Å²) in [4.78, 5) is 2.49. The molecule has 1 N–H and O–H groups in total. The summed E-state index contributed by atoms with van der Waals surface area (Å²) in [6.45, 7) is 8.67. The van der Waals surface area contributed by atoms with Crippen LogP contribution >= 0.6 is 15.9 Å². The number of halogens is 1. The van der Waals surface area contributed by atoms with Crippen molar-refractivity contribution >= 4 is 15.9 Å². The van der Waals surface area contributed by atoms with E-state index in [1.54, 1.807) is 0 Å². The van der Waals surface area contributed by atoms with Gasteiger partial charge in [-0.1, -0.05) is 6.92 Å². The molecule has 2 heterocycles. The first-order chi connectivity index (χ1) is 8.11. The van der Waals surface area contributed by atoms with Gasteiger partial charge in [0.15, 0.2) is 0 Å². The van der Waals surface area contributed by atoms with Crippen molar-refractivity contribution in [1.29, 1.82) is 0 Å². The quantitative estimate of drug-likeness (QED) is 0.919. The van der Waals surface area contributed by atoms with Gasteiger partial charge in [-0.25, -0.2) is 0 Å². The van der Waals surface area contributed by atoms with Gasteiger partial charge in [-0.15, -0.1) is 0 Å². The number of nitrogens with one attached hydrogen (secondary N) is 1. The fourth-order valence-electron chi connectivity index (χ4n) is 2.36. The van der Waals surface area contributed by atoms with Crippen LogP contribution in [0.3, 0.4) is 0 Å². The normalized spacial score (nSPS) is 22.0. The molecule has 0 bridgehead atoms. The fraction of sp³-hybridized carbons (Fsp3) is 0.750. The van der Waals surface area contributed by atoms with E-state index in [0.29, 0.717) is 6.04 Å². The first-order valence-electron chi connectivity index (χ1n) is 6.27. The number of aromatic nitrogens is 2. The van der Waals surface area contributed by atoms with Crippen LogP contribution in [0.25, 0.3) is 0 Å². The Labute approximate surface area is 111 Å². The van der Waals surface area contributed by atoms with Gasteiger partial charge in [-0.2, -0.15) is 5.10 Å². The highest BCUT2D eigenvalue weighted by Gasteiger charge is 2.19. The Hall–Kier alpha value is -0.390. The molecule has 5 heteroatoms. The predicted molar refractivity (Wildman–Crippen MR) is 73.0 cm³/mol. The molecule has 0 saturated carbocycles. The van der Waals surface area contributed by atoms with E-state index in [4.69, 9.17) is 0 Å². The molecular weight excluding hydrogens is 280 g/mol. The van der Waals surface area contributed by atoms with E-state index in [2.05, 4.69) is 45.1 Å². The SMILES string of the molecule is CCc1nn(C)c(CN2CCN[C@@H](C)C2)c1Br. The van der Waals surface area contributed by atoms with Crippen molar-refractivity contribution in [2.75, 3.05) is 19.6 Å². The van der Waals surface area contributed by atoms with E-state index in [0.717, 1.165) is 38.3 Å². The molecule has 0 unspecified atom stereocenters. The van der Waals surface area contributed by atoms with Crippen molar-refractivity contribution in [2.45, 2.75) is 32.9 Å². The van der Waals surface area contributed by atoms with E-state index in [9.17, 15) is 0 Å². The molecule has 0 amide bonds. The van der Waals surface area contributed by atoms with Crippen LogP contribution in [0.1, 0.15) is 25.2 Å². The third-order valence-corrected chi connectivity index (χ3v) is 4.24. The van der Waals surface area contributed by atoms with Gasteiger partial charge in [-0.05, 0) is 29.3 Å². The standard InChI is InChI=1S/C12H21BrN4/c1-4-10-12(13)11(16(3)15-10)8-17-6-5-14-9(2)7-17/h9,14H,4-8H2,1-3H3/t9-/m0/s1. The summed E-state index contributed by atoms with van der Waals surface area (Å²) in [7, 11) is 2.03. The molecule has 0 aromatic carbocycles. The van der Waals surface area contributed by atoms with E-state index in [1.807, 2.05) is 11.7 Å². The lowest BCUT2D eigenvalue weighted by Crippen LogP contribution is -2.48. The summed E-state index contributed by atoms with van der Waals surface area (Å²) in [5.41, 5.74) is 2.45. The number of hydrogen-bond donors (Lipinski definition) is 1. The zero-order valence-electron chi connectivity index (χ0n) is 10.8. The first kappa shape index (κ1) is 13.1. The second kappa shape index (κ2) is 5.50. The minimum atomic E-state index is 0.585. The molecule has 1 aliphatic rings. The third kappa shape index (κ3) is 2.89. The maximum atomic E-state index is 4.54. The van der Waals surface area contributed by atoms with E-state index in [1.165, 1.54) is 10.2 Å². The Morgan fingerprint density at radius 3 is 2.88 bits per heavy atom. The Morgan fingerprint density at radius 1 is 1.53 bits per heavy atom. The monoisotopic (exact) mass is 300 g/mol. The molecule has 1 aromatic heterocycles. The smallest absolute Gasteiger partial charge is 0.0767 e. The van der Waals surface area contributed by atoms with Gasteiger partial charge in [0.1, 0.15) is 0 Å². The van der Waals surface area contributed by atoms with Crippen LogP contribution in [0.4, 0.5) is 0 Å². The number of nitrogens with zero attached hydrogens (tertiary/aromatic N) is 3. The molecule has 1 saturated heterocycles. The predicted octanol–water partition coefficient (Wildman–Crippen LogP) is 1.54. The van der Waals surface area contributed by atoms with Crippen molar-refractivity contribution in [3.63, 3.8) is 0 Å². The summed E-state index contributed by atoms with van der Waals surface area (Å²) in [5, 5.41) is 8.01. The molecule has 1 aromatic rings. The molecule has 1 fully saturated rings. The van der Waals surface area contributed by atoms with Crippen molar-refractivity contribution in [3.8, 4) is 0 Å². The topological polar surface area (TPSA) is 33.1 Å². The van der Waals surface area contributed by atoms with Crippen molar-refractivity contribution in [3.05, 3.63) is 15.9 Å². The zero-order valence-corrected chi connectivity index (χ0v) is 12.4. The molecule has 4 nitrogen and oxygen atoms in total. The summed E-state index contributed by atoms with van der Waals surface area (Å²) in [6, 6.07) is 0.585. The van der Waals surface area contributed by atoms with Gasteiger partial charge in [0, 0.05) is 39.3 Å². The lowest BCUT2D eigenvalue weighted by Gasteiger charge is -2.31. The Balaban J connectivity index is 2.10. The van der Waals surface area contributed by atoms with Crippen molar-refractivity contribution in [2.24, 2.45) is 7.05 Å². The fourth-order valence-corrected chi connectivity index (χ4v) is 3.10. The number of rotatable bonds is 3. The third-order valence-electron chi connectivity index (χ3n) is 3.33. The van der Waals surface area contributed by atoms with Crippen LogP contribution in [-0.4, -0.2) is 40.4 Å². The van der Waals surface area contributed by atoms with Crippen LogP contribution in [0.5, 0.6) is 0 Å². The Morgan fingerprint density at radius 2 is 2.29 bits per heavy atom. The molecule has 0 spiro atoms. The van der Waals surface area contributed by atoms with E-state index < -0.39 is 0 Å². The number of piperazine rings is 1. The summed E-state index contributed by atoms with van der Waals surface area (Å²) in [5.74, 6) is 0. The maximum Gasteiger partial charge on any atom is 0.0767 e. The van der Waals surface area contributed by atoms with Gasteiger partial charge in [0.05, 0.1) is 15.9 Å². The van der Waals surface area contributed by atoms with E-state index >= 15 is 0 Å². The Bertz CT molecular complexity index is 388. The molecule has 1 atom stereocenters. The minimum absolute atomic E-state index is 0.585. The maximum absolute atomic E-state index is 4.54. The van der Waals surface area contributed by atoms with Crippen LogP contribution in [0, 0.1) is 0 Å². The number of hydrogen-bond acceptors (Lipinski definition) is 3. The van der Waals surface area contributed by atoms with Crippen LogP contribution in [0.2, 0.25) is 0 Å². The molecule has 17 heavy (non-hydrogen) atoms. The molecule has 0 aliphatic carbocycles. The van der Waals surface area contributed by atoms with Crippen LogP contribution in [-0.2, 0) is 20.0 Å². The highest BCUT2D eigenvalue weighted by molar-refractivity contribution is 9.10. The zero-order chi connectivity index (χ0) is 12.4. The second-order valence-electron chi connectivity index (χ2n) is 4.77. The van der Waals surface area contributed by atoms with Crippen LogP contribution in [0.15, 0.2) is 4.47 Å². The lowest BCUT2D eigenvalue weighted by atomic mass is 10.2. The molecule has 96 valence electrons.